The quantitative estimate of drug-likeness (QED) is 0.655. The molecule has 0 saturated carbocycles. The summed E-state index contributed by atoms with van der Waals surface area (Å²) in [5.74, 6) is -0.788. The molecule has 2 heterocycles. The third kappa shape index (κ3) is 4.42. The van der Waals surface area contributed by atoms with Crippen molar-refractivity contribution in [1.82, 2.24) is 4.90 Å². The Bertz CT molecular complexity index is 1160. The molecule has 4 rings (SSSR count). The Hall–Kier alpha value is -3.62. The summed E-state index contributed by atoms with van der Waals surface area (Å²) in [7, 11) is 0. The molecule has 9 heteroatoms. The average molecular weight is 467 g/mol. The fourth-order valence-corrected chi connectivity index (χ4v) is 4.62. The van der Waals surface area contributed by atoms with Crippen molar-refractivity contribution in [3.8, 4) is 0 Å². The average Bonchev–Trinajstić information content (AvgIpc) is 3.07. The summed E-state index contributed by atoms with van der Waals surface area (Å²) in [6.45, 7) is 7.27. The van der Waals surface area contributed by atoms with Crippen LogP contribution in [0.15, 0.2) is 30.3 Å². The predicted octanol–water partition coefficient (Wildman–Crippen LogP) is 3.04. The fourth-order valence-electron chi connectivity index (χ4n) is 4.62. The lowest BCUT2D eigenvalue weighted by Gasteiger charge is -2.38. The largest absolute Gasteiger partial charge is 0.444 e. The molecule has 9 nitrogen and oxygen atoms in total. The van der Waals surface area contributed by atoms with E-state index in [1.165, 1.54) is 4.90 Å². The Morgan fingerprint density at radius 3 is 2.56 bits per heavy atom. The first-order chi connectivity index (χ1) is 16.1. The van der Waals surface area contributed by atoms with Gasteiger partial charge in [0.1, 0.15) is 11.9 Å². The predicted molar refractivity (Wildman–Crippen MR) is 129 cm³/mol. The number of nitrogens with two attached hydrogens (primary N) is 1. The maximum Gasteiger partial charge on any atom is 0.411 e. The number of primary amides is 1. The van der Waals surface area contributed by atoms with Crippen LogP contribution in [0.1, 0.15) is 50.4 Å². The molecule has 2 aliphatic rings. The number of aldehydes is 1. The number of amides is 3. The van der Waals surface area contributed by atoms with Crippen LogP contribution in [0.2, 0.25) is 0 Å². The molecule has 2 N–H and O–H groups in total. The van der Waals surface area contributed by atoms with Crippen LogP contribution in [-0.2, 0) is 14.3 Å². The molecule has 2 aliphatic heterocycles. The van der Waals surface area contributed by atoms with E-state index in [0.29, 0.717) is 30.8 Å². The Kier molecular flexibility index (Phi) is 6.20. The van der Waals surface area contributed by atoms with Crippen LogP contribution < -0.4 is 15.5 Å². The third-order valence-corrected chi connectivity index (χ3v) is 6.07. The zero-order valence-corrected chi connectivity index (χ0v) is 19.7. The van der Waals surface area contributed by atoms with E-state index in [0.717, 1.165) is 29.4 Å². The van der Waals surface area contributed by atoms with Crippen LogP contribution in [0.25, 0.3) is 10.8 Å². The highest BCUT2D eigenvalue weighted by Gasteiger charge is 2.36. The van der Waals surface area contributed by atoms with Crippen LogP contribution in [0.5, 0.6) is 0 Å². The molecule has 1 unspecified atom stereocenters. The first-order valence-corrected chi connectivity index (χ1v) is 11.5. The molecule has 3 amide bonds. The Morgan fingerprint density at radius 1 is 1.15 bits per heavy atom. The first kappa shape index (κ1) is 23.5. The van der Waals surface area contributed by atoms with Gasteiger partial charge in [-0.1, -0.05) is 12.1 Å². The monoisotopic (exact) mass is 466 g/mol. The van der Waals surface area contributed by atoms with Gasteiger partial charge in [-0.3, -0.25) is 19.4 Å². The molecule has 2 aromatic rings. The molecular weight excluding hydrogens is 436 g/mol. The van der Waals surface area contributed by atoms with Crippen LogP contribution in [0.3, 0.4) is 0 Å². The second kappa shape index (κ2) is 8.96. The number of rotatable bonds is 6. The summed E-state index contributed by atoms with van der Waals surface area (Å²) < 4.78 is 5.55. The molecule has 1 saturated heterocycles. The number of ether oxygens (including phenoxy) is 1. The van der Waals surface area contributed by atoms with Gasteiger partial charge in [-0.2, -0.15) is 0 Å². The molecule has 0 aliphatic carbocycles. The Balaban J connectivity index is 1.67. The molecule has 0 aromatic heterocycles. The summed E-state index contributed by atoms with van der Waals surface area (Å²) in [6, 6.07) is 8.48. The highest BCUT2D eigenvalue weighted by molar-refractivity contribution is 6.27. The smallest absolute Gasteiger partial charge is 0.411 e. The Morgan fingerprint density at radius 2 is 1.88 bits per heavy atom. The number of carbonyl (C=O) groups excluding carboxylic acids is 4. The van der Waals surface area contributed by atoms with E-state index < -0.39 is 17.6 Å². The zero-order chi connectivity index (χ0) is 24.6. The minimum absolute atomic E-state index is 0.0129. The molecular formula is C25H30N4O5. The molecule has 1 atom stereocenters. The van der Waals surface area contributed by atoms with Gasteiger partial charge in [0.2, 0.25) is 5.91 Å². The van der Waals surface area contributed by atoms with Crippen molar-refractivity contribution in [2.45, 2.75) is 51.7 Å². The first-order valence-electron chi connectivity index (χ1n) is 11.5. The van der Waals surface area contributed by atoms with Crippen LogP contribution in [-0.4, -0.2) is 60.5 Å². The van der Waals surface area contributed by atoms with E-state index in [4.69, 9.17) is 10.5 Å². The van der Waals surface area contributed by atoms with E-state index in [1.54, 1.807) is 11.0 Å². The van der Waals surface area contributed by atoms with E-state index in [-0.39, 0.29) is 24.8 Å². The minimum Gasteiger partial charge on any atom is -0.444 e. The van der Waals surface area contributed by atoms with Gasteiger partial charge in [0.15, 0.2) is 0 Å². The van der Waals surface area contributed by atoms with Crippen molar-refractivity contribution in [3.05, 3.63) is 35.9 Å². The molecule has 0 bridgehead atoms. The van der Waals surface area contributed by atoms with Gasteiger partial charge in [-0.15, -0.1) is 0 Å². The number of carbonyl (C=O) groups is 4. The number of nitrogens with zero attached hydrogens (tertiary/aromatic N) is 3. The van der Waals surface area contributed by atoms with E-state index in [9.17, 15) is 19.2 Å². The Labute approximate surface area is 198 Å². The van der Waals surface area contributed by atoms with Gasteiger partial charge in [0.25, 0.3) is 5.91 Å². The molecule has 0 spiro atoms. The van der Waals surface area contributed by atoms with Crippen molar-refractivity contribution in [1.29, 1.82) is 0 Å². The summed E-state index contributed by atoms with van der Waals surface area (Å²) in [6.07, 6.45) is 1.30. The van der Waals surface area contributed by atoms with Crippen molar-refractivity contribution >= 4 is 46.3 Å². The van der Waals surface area contributed by atoms with Crippen LogP contribution in [0, 0.1) is 0 Å². The second-order valence-electron chi connectivity index (χ2n) is 9.72. The normalized spacial score (nSPS) is 16.7. The van der Waals surface area contributed by atoms with Gasteiger partial charge in [-0.25, -0.2) is 4.79 Å². The number of hydrogen-bond donors (Lipinski definition) is 1. The van der Waals surface area contributed by atoms with Gasteiger partial charge < -0.3 is 20.2 Å². The van der Waals surface area contributed by atoms with Crippen LogP contribution in [0.4, 0.5) is 16.2 Å². The molecule has 2 aromatic carbocycles. The van der Waals surface area contributed by atoms with Gasteiger partial charge in [0, 0.05) is 41.5 Å². The zero-order valence-electron chi connectivity index (χ0n) is 19.7. The summed E-state index contributed by atoms with van der Waals surface area (Å²) in [5, 5.41) is 1.64. The van der Waals surface area contributed by atoms with Crippen molar-refractivity contribution < 1.29 is 23.9 Å². The van der Waals surface area contributed by atoms with Crippen molar-refractivity contribution in [2.75, 3.05) is 29.6 Å². The van der Waals surface area contributed by atoms with E-state index >= 15 is 0 Å². The molecule has 34 heavy (non-hydrogen) atoms. The molecule has 180 valence electrons. The van der Waals surface area contributed by atoms with Crippen molar-refractivity contribution in [2.24, 2.45) is 5.73 Å². The van der Waals surface area contributed by atoms with Gasteiger partial charge >= 0.3 is 6.09 Å². The minimum atomic E-state index is -0.779. The maximum absolute atomic E-state index is 13.3. The van der Waals surface area contributed by atoms with Crippen LogP contribution >= 0.6 is 0 Å². The highest BCUT2D eigenvalue weighted by Crippen LogP contribution is 2.43. The van der Waals surface area contributed by atoms with Gasteiger partial charge in [-0.05, 0) is 51.8 Å². The maximum atomic E-state index is 13.3. The summed E-state index contributed by atoms with van der Waals surface area (Å²) >= 11 is 0. The standard InChI is InChI=1S/C25H30N4O5/c1-25(2,3)34-24(33)28-13-5-12-27(15-28)19-9-10-20-22-17(19)6-4-7-18(22)23(32)29(20)16(14-30)8-11-21(26)31/h4,6-7,9-10,14,16H,5,8,11-13,15H2,1-3H3,(H2,26,31). The highest BCUT2D eigenvalue weighted by atomic mass is 16.6. The van der Waals surface area contributed by atoms with Gasteiger partial charge in [0.05, 0.1) is 18.4 Å². The summed E-state index contributed by atoms with van der Waals surface area (Å²) in [4.78, 5) is 54.2. The lowest BCUT2D eigenvalue weighted by atomic mass is 10.0. The topological polar surface area (TPSA) is 113 Å². The summed E-state index contributed by atoms with van der Waals surface area (Å²) in [5.41, 5.74) is 6.74. The number of anilines is 2. The third-order valence-electron chi connectivity index (χ3n) is 6.07. The number of hydrogen-bond acceptors (Lipinski definition) is 6. The SMILES string of the molecule is CC(C)(C)OC(=O)N1CCCN(c2ccc3c4c(cccc24)C(=O)N3C(C=O)CCC(N)=O)C1. The molecule has 1 fully saturated rings. The van der Waals surface area contributed by atoms with E-state index in [1.807, 2.05) is 45.0 Å². The lowest BCUT2D eigenvalue weighted by Crippen LogP contribution is -2.49. The van der Waals surface area contributed by atoms with Crippen molar-refractivity contribution in [3.63, 3.8) is 0 Å². The molecule has 0 radical (unpaired) electrons. The fraction of sp³-hybridized carbons (Fsp3) is 0.440. The lowest BCUT2D eigenvalue weighted by molar-refractivity contribution is -0.118. The second-order valence-corrected chi connectivity index (χ2v) is 9.72. The van der Waals surface area contributed by atoms with E-state index in [2.05, 4.69) is 4.90 Å². The number of benzene rings is 2.